The SMILES string of the molecule is CCS(=O)(=O)C1CSCCN1c1cc(C(N)=O)c(N)cn1. The second kappa shape index (κ2) is 6.10. The highest BCUT2D eigenvalue weighted by molar-refractivity contribution is 8.01. The average Bonchev–Trinajstić information content (AvgIpc) is 2.47. The largest absolute Gasteiger partial charge is 0.397 e. The summed E-state index contributed by atoms with van der Waals surface area (Å²) in [6.45, 7) is 2.17. The summed E-state index contributed by atoms with van der Waals surface area (Å²) in [5, 5.41) is -0.641. The van der Waals surface area contributed by atoms with Gasteiger partial charge in [0.05, 0.1) is 17.4 Å². The third-order valence-corrected chi connectivity index (χ3v) is 6.67. The van der Waals surface area contributed by atoms with Gasteiger partial charge in [0, 0.05) is 23.8 Å². The molecule has 1 aliphatic rings. The van der Waals surface area contributed by atoms with E-state index >= 15 is 0 Å². The highest BCUT2D eigenvalue weighted by atomic mass is 32.2. The molecule has 0 bridgehead atoms. The molecule has 1 atom stereocenters. The van der Waals surface area contributed by atoms with Crippen molar-refractivity contribution in [1.29, 1.82) is 0 Å². The van der Waals surface area contributed by atoms with Crippen LogP contribution >= 0.6 is 11.8 Å². The summed E-state index contributed by atoms with van der Waals surface area (Å²) in [4.78, 5) is 17.2. The van der Waals surface area contributed by atoms with E-state index in [4.69, 9.17) is 11.5 Å². The molecule has 9 heteroatoms. The molecule has 0 radical (unpaired) electrons. The number of aromatic nitrogens is 1. The lowest BCUT2D eigenvalue weighted by Gasteiger charge is -2.35. The van der Waals surface area contributed by atoms with Gasteiger partial charge in [-0.1, -0.05) is 6.92 Å². The topological polar surface area (TPSA) is 119 Å². The molecule has 2 heterocycles. The van der Waals surface area contributed by atoms with Gasteiger partial charge in [0.15, 0.2) is 9.84 Å². The van der Waals surface area contributed by atoms with Gasteiger partial charge in [-0.15, -0.1) is 0 Å². The number of amides is 1. The monoisotopic (exact) mass is 330 g/mol. The summed E-state index contributed by atoms with van der Waals surface area (Å²) >= 11 is 1.59. The number of nitrogen functional groups attached to an aromatic ring is 1. The maximum absolute atomic E-state index is 12.2. The quantitative estimate of drug-likeness (QED) is 0.802. The Hall–Kier alpha value is -1.48. The molecule has 2 rings (SSSR count). The molecule has 4 N–H and O–H groups in total. The Morgan fingerprint density at radius 3 is 2.90 bits per heavy atom. The highest BCUT2D eigenvalue weighted by Gasteiger charge is 2.34. The van der Waals surface area contributed by atoms with Crippen LogP contribution in [0.25, 0.3) is 0 Å². The molecule has 1 unspecified atom stereocenters. The maximum Gasteiger partial charge on any atom is 0.250 e. The minimum absolute atomic E-state index is 0.0619. The molecule has 1 fully saturated rings. The predicted molar refractivity (Wildman–Crippen MR) is 85.1 cm³/mol. The summed E-state index contributed by atoms with van der Waals surface area (Å²) in [6, 6.07) is 1.46. The Balaban J connectivity index is 2.43. The Bertz CT molecular complexity index is 648. The van der Waals surface area contributed by atoms with Gasteiger partial charge in [-0.25, -0.2) is 13.4 Å². The van der Waals surface area contributed by atoms with Crippen LogP contribution in [0.1, 0.15) is 17.3 Å². The van der Waals surface area contributed by atoms with Crippen molar-refractivity contribution in [1.82, 2.24) is 4.98 Å². The van der Waals surface area contributed by atoms with Crippen LogP contribution in [0, 0.1) is 0 Å². The first kappa shape index (κ1) is 15.9. The first-order valence-electron chi connectivity index (χ1n) is 6.48. The third-order valence-electron chi connectivity index (χ3n) is 3.38. The molecule has 1 aliphatic heterocycles. The molecule has 7 nitrogen and oxygen atoms in total. The van der Waals surface area contributed by atoms with Crippen molar-refractivity contribution in [3.8, 4) is 0 Å². The van der Waals surface area contributed by atoms with Crippen LogP contribution in [0.15, 0.2) is 12.3 Å². The summed E-state index contributed by atoms with van der Waals surface area (Å²) in [5.74, 6) is 1.10. The zero-order valence-electron chi connectivity index (χ0n) is 11.7. The second-order valence-electron chi connectivity index (χ2n) is 4.67. The van der Waals surface area contributed by atoms with E-state index in [1.54, 1.807) is 23.6 Å². The normalized spacial score (nSPS) is 19.5. The number of hydrogen-bond donors (Lipinski definition) is 2. The molecule has 1 saturated heterocycles. The van der Waals surface area contributed by atoms with E-state index in [2.05, 4.69) is 4.98 Å². The molecule has 0 spiro atoms. The predicted octanol–water partition coefficient (Wildman–Crippen LogP) is 0.0767. The lowest BCUT2D eigenvalue weighted by molar-refractivity contribution is 0.100. The minimum Gasteiger partial charge on any atom is -0.397 e. The fraction of sp³-hybridized carbons (Fsp3) is 0.500. The molecule has 0 aliphatic carbocycles. The number of nitrogens with two attached hydrogens (primary N) is 2. The van der Waals surface area contributed by atoms with Gasteiger partial charge in [0.1, 0.15) is 11.2 Å². The summed E-state index contributed by atoms with van der Waals surface area (Å²) < 4.78 is 24.4. The van der Waals surface area contributed by atoms with Crippen LogP contribution < -0.4 is 16.4 Å². The fourth-order valence-electron chi connectivity index (χ4n) is 2.16. The van der Waals surface area contributed by atoms with Crippen molar-refractivity contribution < 1.29 is 13.2 Å². The van der Waals surface area contributed by atoms with E-state index in [0.717, 1.165) is 5.75 Å². The summed E-state index contributed by atoms with van der Waals surface area (Å²) in [5.41, 5.74) is 11.3. The van der Waals surface area contributed by atoms with E-state index in [1.165, 1.54) is 12.3 Å². The zero-order valence-corrected chi connectivity index (χ0v) is 13.3. The van der Waals surface area contributed by atoms with E-state index < -0.39 is 21.1 Å². The minimum atomic E-state index is -3.24. The smallest absolute Gasteiger partial charge is 0.250 e. The van der Waals surface area contributed by atoms with Crippen molar-refractivity contribution in [3.63, 3.8) is 0 Å². The van der Waals surface area contributed by atoms with E-state index in [-0.39, 0.29) is 17.0 Å². The van der Waals surface area contributed by atoms with E-state index in [1.807, 2.05) is 0 Å². The molecular weight excluding hydrogens is 312 g/mol. The number of carbonyl (C=O) groups is 1. The van der Waals surface area contributed by atoms with Crippen molar-refractivity contribution >= 4 is 39.0 Å². The maximum atomic E-state index is 12.2. The van der Waals surface area contributed by atoms with Crippen molar-refractivity contribution in [3.05, 3.63) is 17.8 Å². The van der Waals surface area contributed by atoms with E-state index in [9.17, 15) is 13.2 Å². The molecule has 1 aromatic heterocycles. The van der Waals surface area contributed by atoms with E-state index in [0.29, 0.717) is 18.1 Å². The average molecular weight is 330 g/mol. The first-order chi connectivity index (χ1) is 9.86. The number of thioether (sulfide) groups is 1. The number of primary amides is 1. The van der Waals surface area contributed by atoms with Gasteiger partial charge >= 0.3 is 0 Å². The Morgan fingerprint density at radius 2 is 2.29 bits per heavy atom. The number of rotatable bonds is 4. The lowest BCUT2D eigenvalue weighted by Crippen LogP contribution is -2.48. The van der Waals surface area contributed by atoms with Gasteiger partial charge < -0.3 is 16.4 Å². The Morgan fingerprint density at radius 1 is 1.57 bits per heavy atom. The summed E-state index contributed by atoms with van der Waals surface area (Å²) in [7, 11) is -3.24. The van der Waals surface area contributed by atoms with Crippen LogP contribution in [-0.4, -0.2) is 48.5 Å². The number of sulfone groups is 1. The van der Waals surface area contributed by atoms with Gasteiger partial charge in [0.2, 0.25) is 0 Å². The van der Waals surface area contributed by atoms with Crippen molar-refractivity contribution in [2.24, 2.45) is 5.73 Å². The zero-order chi connectivity index (χ0) is 15.6. The number of anilines is 2. The Kier molecular flexibility index (Phi) is 4.62. The molecule has 116 valence electrons. The molecule has 0 aromatic carbocycles. The summed E-state index contributed by atoms with van der Waals surface area (Å²) in [6.07, 6.45) is 1.34. The van der Waals surface area contributed by atoms with Gasteiger partial charge in [-0.2, -0.15) is 11.8 Å². The number of nitrogens with zero attached hydrogens (tertiary/aromatic N) is 2. The first-order valence-corrected chi connectivity index (χ1v) is 9.35. The molecule has 1 aromatic rings. The number of pyridine rings is 1. The van der Waals surface area contributed by atoms with Crippen LogP contribution in [0.5, 0.6) is 0 Å². The lowest BCUT2D eigenvalue weighted by atomic mass is 10.2. The molecule has 21 heavy (non-hydrogen) atoms. The van der Waals surface area contributed by atoms with Gasteiger partial charge in [0.25, 0.3) is 5.91 Å². The van der Waals surface area contributed by atoms with Crippen LogP contribution in [0.2, 0.25) is 0 Å². The number of carbonyl (C=O) groups excluding carboxylic acids is 1. The molecule has 1 amide bonds. The molecule has 0 saturated carbocycles. The Labute approximate surface area is 128 Å². The highest BCUT2D eigenvalue weighted by Crippen LogP contribution is 2.27. The fourth-order valence-corrected chi connectivity index (χ4v) is 5.14. The standard InChI is InChI=1S/C12H18N4O3S2/c1-2-21(18,19)11-7-20-4-3-16(11)10-5-8(12(14)17)9(13)6-15-10/h5-6,11H,2-4,7,13H2,1H3,(H2,14,17). The van der Waals surface area contributed by atoms with Crippen LogP contribution in [0.4, 0.5) is 11.5 Å². The number of hydrogen-bond acceptors (Lipinski definition) is 7. The van der Waals surface area contributed by atoms with Gasteiger partial charge in [-0.05, 0) is 6.07 Å². The molecular formula is C12H18N4O3S2. The van der Waals surface area contributed by atoms with Crippen LogP contribution in [-0.2, 0) is 9.84 Å². The van der Waals surface area contributed by atoms with Crippen molar-refractivity contribution in [2.75, 3.05) is 34.4 Å². The third kappa shape index (κ3) is 3.24. The van der Waals surface area contributed by atoms with Crippen LogP contribution in [0.3, 0.4) is 0 Å². The van der Waals surface area contributed by atoms with Gasteiger partial charge in [-0.3, -0.25) is 4.79 Å². The second-order valence-corrected chi connectivity index (χ2v) is 8.27. The van der Waals surface area contributed by atoms with Crippen molar-refractivity contribution in [2.45, 2.75) is 12.3 Å².